The number of alkyl halides is 3. The number of ether oxygens (including phenoxy) is 1. The Bertz CT molecular complexity index is 1240. The lowest BCUT2D eigenvalue weighted by Gasteiger charge is -2.17. The number of halogens is 3. The standard InChI is InChI=1S/C23H28F3N5O5S/c24-23(25,26)16-4-1-5-17(14-16)37(34,35)31-19(21(32)33)13-15-6-7-20(18(27)12-15)36-11-3-10-30-22-28-8-2-9-29-22/h1,4-7,12,14,19,31H,2-3,8-11,13,27H2,(H,32,33)(H2,28,29,30)/t19-/m0/s1. The molecule has 0 saturated carbocycles. The van der Waals surface area contributed by atoms with Gasteiger partial charge in [0.15, 0.2) is 5.96 Å². The average Bonchev–Trinajstić information content (AvgIpc) is 2.84. The molecule has 0 aliphatic carbocycles. The normalized spacial score (nSPS) is 14.8. The maximum atomic E-state index is 13.0. The van der Waals surface area contributed by atoms with Gasteiger partial charge >= 0.3 is 12.1 Å². The van der Waals surface area contributed by atoms with Crippen LogP contribution in [0.1, 0.15) is 24.0 Å². The minimum absolute atomic E-state index is 0.230. The smallest absolute Gasteiger partial charge is 0.416 e. The van der Waals surface area contributed by atoms with Gasteiger partial charge in [-0.1, -0.05) is 12.1 Å². The van der Waals surface area contributed by atoms with Gasteiger partial charge in [0.25, 0.3) is 0 Å². The second-order valence-electron chi connectivity index (χ2n) is 8.25. The molecular weight excluding hydrogens is 515 g/mol. The molecule has 14 heteroatoms. The molecule has 0 fully saturated rings. The molecule has 1 atom stereocenters. The van der Waals surface area contributed by atoms with E-state index in [0.29, 0.717) is 37.0 Å². The predicted octanol–water partition coefficient (Wildman–Crippen LogP) is 1.97. The van der Waals surface area contributed by atoms with Crippen LogP contribution in [0.2, 0.25) is 0 Å². The molecular formula is C23H28F3N5O5S. The molecule has 0 saturated heterocycles. The van der Waals surface area contributed by atoms with Crippen LogP contribution in [0.15, 0.2) is 52.4 Å². The molecule has 0 aromatic heterocycles. The lowest BCUT2D eigenvalue weighted by atomic mass is 10.1. The zero-order chi connectivity index (χ0) is 27.1. The quantitative estimate of drug-likeness (QED) is 0.213. The SMILES string of the molecule is Nc1cc(C[C@H](NS(=O)(=O)c2cccc(C(F)(F)F)c2)C(=O)O)ccc1OCCCNC1=NCCCN1. The monoisotopic (exact) mass is 543 g/mol. The Hall–Kier alpha value is -3.52. The molecule has 1 heterocycles. The number of nitrogen functional groups attached to an aromatic ring is 1. The summed E-state index contributed by atoms with van der Waals surface area (Å²) in [4.78, 5) is 15.3. The number of nitrogens with one attached hydrogen (secondary N) is 3. The molecule has 1 aliphatic rings. The average molecular weight is 544 g/mol. The number of guanidine groups is 1. The fourth-order valence-electron chi connectivity index (χ4n) is 3.48. The summed E-state index contributed by atoms with van der Waals surface area (Å²) in [6.45, 7) is 2.65. The number of aliphatic imine (C=N–C) groups is 1. The maximum absolute atomic E-state index is 13.0. The number of anilines is 1. The Morgan fingerprint density at radius 1 is 1.24 bits per heavy atom. The first kappa shape index (κ1) is 28.1. The summed E-state index contributed by atoms with van der Waals surface area (Å²) in [5, 5.41) is 15.8. The zero-order valence-electron chi connectivity index (χ0n) is 19.7. The van der Waals surface area contributed by atoms with Crippen molar-refractivity contribution in [3.05, 3.63) is 53.6 Å². The van der Waals surface area contributed by atoms with Gasteiger partial charge in [0.05, 0.1) is 22.8 Å². The number of aliphatic carboxylic acids is 1. The molecule has 6 N–H and O–H groups in total. The van der Waals surface area contributed by atoms with Gasteiger partial charge in [-0.05, 0) is 55.2 Å². The number of carboxylic acids is 1. The first-order chi connectivity index (χ1) is 17.5. The summed E-state index contributed by atoms with van der Waals surface area (Å²) in [5.41, 5.74) is 5.48. The van der Waals surface area contributed by atoms with E-state index in [4.69, 9.17) is 10.5 Å². The minimum atomic E-state index is -4.75. The molecule has 0 bridgehead atoms. The Morgan fingerprint density at radius 3 is 2.68 bits per heavy atom. The molecule has 10 nitrogen and oxygen atoms in total. The highest BCUT2D eigenvalue weighted by Gasteiger charge is 2.32. The van der Waals surface area contributed by atoms with E-state index in [1.165, 1.54) is 6.07 Å². The number of hydrogen-bond acceptors (Lipinski definition) is 8. The van der Waals surface area contributed by atoms with Crippen molar-refractivity contribution in [2.75, 3.05) is 32.0 Å². The fraction of sp³-hybridized carbons (Fsp3) is 0.391. The van der Waals surface area contributed by atoms with Crippen molar-refractivity contribution < 1.29 is 36.2 Å². The van der Waals surface area contributed by atoms with Gasteiger partial charge in [-0.25, -0.2) is 8.42 Å². The van der Waals surface area contributed by atoms with E-state index in [2.05, 4.69) is 15.6 Å². The zero-order valence-corrected chi connectivity index (χ0v) is 20.5. The largest absolute Gasteiger partial charge is 0.491 e. The van der Waals surface area contributed by atoms with Crippen LogP contribution in [-0.4, -0.2) is 57.7 Å². The minimum Gasteiger partial charge on any atom is -0.491 e. The van der Waals surface area contributed by atoms with E-state index >= 15 is 0 Å². The van der Waals surface area contributed by atoms with E-state index in [9.17, 15) is 31.5 Å². The molecule has 2 aromatic carbocycles. The lowest BCUT2D eigenvalue weighted by Crippen LogP contribution is -2.42. The topological polar surface area (TPSA) is 155 Å². The van der Waals surface area contributed by atoms with Gasteiger partial charge in [-0.2, -0.15) is 17.9 Å². The van der Waals surface area contributed by atoms with Gasteiger partial charge in [0.1, 0.15) is 11.8 Å². The molecule has 1 aliphatic heterocycles. The van der Waals surface area contributed by atoms with Gasteiger partial charge in [-0.15, -0.1) is 0 Å². The Kier molecular flexibility index (Phi) is 9.21. The van der Waals surface area contributed by atoms with E-state index in [-0.39, 0.29) is 12.1 Å². The predicted molar refractivity (Wildman–Crippen MR) is 131 cm³/mol. The van der Waals surface area contributed by atoms with E-state index in [1.807, 2.05) is 4.72 Å². The van der Waals surface area contributed by atoms with Gasteiger partial charge in [0, 0.05) is 19.6 Å². The van der Waals surface area contributed by atoms with Crippen LogP contribution in [0.4, 0.5) is 18.9 Å². The first-order valence-electron chi connectivity index (χ1n) is 11.4. The van der Waals surface area contributed by atoms with Crippen molar-refractivity contribution in [2.45, 2.75) is 36.4 Å². The molecule has 37 heavy (non-hydrogen) atoms. The van der Waals surface area contributed by atoms with Crippen LogP contribution >= 0.6 is 0 Å². The molecule has 202 valence electrons. The number of carbonyl (C=O) groups is 1. The lowest BCUT2D eigenvalue weighted by molar-refractivity contribution is -0.139. The van der Waals surface area contributed by atoms with Crippen molar-refractivity contribution in [1.82, 2.24) is 15.4 Å². The van der Waals surface area contributed by atoms with Crippen molar-refractivity contribution in [3.8, 4) is 5.75 Å². The molecule has 0 spiro atoms. The van der Waals surface area contributed by atoms with Crippen LogP contribution in [0.5, 0.6) is 5.75 Å². The number of nitrogens with zero attached hydrogens (tertiary/aromatic N) is 1. The highest BCUT2D eigenvalue weighted by Crippen LogP contribution is 2.30. The van der Waals surface area contributed by atoms with Gasteiger partial charge in [0.2, 0.25) is 10.0 Å². The number of rotatable bonds is 11. The van der Waals surface area contributed by atoms with Gasteiger partial charge in [-0.3, -0.25) is 9.79 Å². The number of hydrogen-bond donors (Lipinski definition) is 5. The summed E-state index contributed by atoms with van der Waals surface area (Å²) in [5.74, 6) is -0.362. The summed E-state index contributed by atoms with van der Waals surface area (Å²) < 4.78 is 71.7. The van der Waals surface area contributed by atoms with Crippen molar-refractivity contribution in [2.24, 2.45) is 4.99 Å². The van der Waals surface area contributed by atoms with Crippen LogP contribution in [0.25, 0.3) is 0 Å². The maximum Gasteiger partial charge on any atom is 0.416 e. The fourth-order valence-corrected chi connectivity index (χ4v) is 4.71. The van der Waals surface area contributed by atoms with E-state index in [1.54, 1.807) is 12.1 Å². The Morgan fingerprint density at radius 2 is 2.03 bits per heavy atom. The van der Waals surface area contributed by atoms with Crippen molar-refractivity contribution in [1.29, 1.82) is 0 Å². The van der Waals surface area contributed by atoms with Crippen LogP contribution in [0, 0.1) is 0 Å². The van der Waals surface area contributed by atoms with Crippen LogP contribution < -0.4 is 25.8 Å². The molecule has 2 aromatic rings. The van der Waals surface area contributed by atoms with Gasteiger partial charge < -0.3 is 26.2 Å². The third kappa shape index (κ3) is 8.25. The Labute approximate surface area is 212 Å². The summed E-state index contributed by atoms with van der Waals surface area (Å²) in [6.07, 6.45) is -3.38. The van der Waals surface area contributed by atoms with E-state index < -0.39 is 38.7 Å². The van der Waals surface area contributed by atoms with E-state index in [0.717, 1.165) is 43.7 Å². The summed E-state index contributed by atoms with van der Waals surface area (Å²) >= 11 is 0. The third-order valence-electron chi connectivity index (χ3n) is 5.35. The second-order valence-corrected chi connectivity index (χ2v) is 9.97. The molecule has 3 rings (SSSR count). The molecule has 0 amide bonds. The number of carboxylic acid groups (broad SMARTS) is 1. The summed E-state index contributed by atoms with van der Waals surface area (Å²) in [7, 11) is -4.56. The molecule has 0 unspecified atom stereocenters. The highest BCUT2D eigenvalue weighted by molar-refractivity contribution is 7.89. The van der Waals surface area contributed by atoms with Crippen molar-refractivity contribution in [3.63, 3.8) is 0 Å². The first-order valence-corrected chi connectivity index (χ1v) is 12.9. The third-order valence-corrected chi connectivity index (χ3v) is 6.82. The second kappa shape index (κ2) is 12.1. The van der Waals surface area contributed by atoms with Crippen molar-refractivity contribution >= 4 is 27.6 Å². The summed E-state index contributed by atoms with van der Waals surface area (Å²) in [6, 6.07) is 5.96. The number of sulfonamides is 1. The number of nitrogens with two attached hydrogens (primary N) is 1. The highest BCUT2D eigenvalue weighted by atomic mass is 32.2. The Balaban J connectivity index is 1.58. The van der Waals surface area contributed by atoms with Crippen LogP contribution in [0.3, 0.4) is 0 Å². The number of benzene rings is 2. The van der Waals surface area contributed by atoms with Crippen LogP contribution in [-0.2, 0) is 27.4 Å². The molecule has 0 radical (unpaired) electrons.